The number of nitrogens with zero attached hydrogens (tertiary/aromatic N) is 2. The lowest BCUT2D eigenvalue weighted by atomic mass is 9.76. The molecule has 6 rings (SSSR count). The van der Waals surface area contributed by atoms with Crippen LogP contribution >= 0.6 is 0 Å². The summed E-state index contributed by atoms with van der Waals surface area (Å²) < 4.78 is 5.97. The van der Waals surface area contributed by atoms with Crippen LogP contribution in [0.15, 0.2) is 48.5 Å². The lowest BCUT2D eigenvalue weighted by molar-refractivity contribution is -0.167. The number of likely N-dealkylation sites (tertiary alicyclic amines) is 1. The highest BCUT2D eigenvalue weighted by atomic mass is 16.5. The lowest BCUT2D eigenvalue weighted by Crippen LogP contribution is -2.75. The number of aliphatic hydroxyl groups excluding tert-OH is 1. The molecule has 2 atom stereocenters. The van der Waals surface area contributed by atoms with E-state index >= 15 is 0 Å². The number of piperazine rings is 1. The number of carbonyl (C=O) groups is 3. The molecule has 236 valence electrons. The molecule has 2 saturated heterocycles. The maximum atomic E-state index is 14.0. The highest BCUT2D eigenvalue weighted by molar-refractivity contribution is 6.00. The molecule has 4 aliphatic rings. The Morgan fingerprint density at radius 2 is 1.59 bits per heavy atom. The third kappa shape index (κ3) is 6.35. The largest absolute Gasteiger partial charge is 0.457 e. The number of carbonyl (C=O) groups excluding carboxylic acids is 3. The fraction of sp³-hybridized carbons (Fsp3) is 0.571. The molecule has 9 nitrogen and oxygen atoms in total. The molecule has 3 amide bonds. The standard InChI is InChI=1S/C35H46N4O5/c1-36-32(41)27-12-16-29(17-13-27)44-28-14-10-25(11-15-28)22-38-20-18-35(19-21-38)34(43)37-30(31(40)26-8-3-2-4-9-26)33(42)39(35)23-24-6-5-7-24/h10-17,24,26,30-31,40H,2-9,18-23H2,1H3,(H,36,41)(H,37,43)/t30-,31-/m1/s1. The molecule has 2 aromatic rings. The van der Waals surface area contributed by atoms with Crippen molar-refractivity contribution in [1.29, 1.82) is 0 Å². The number of ether oxygens (including phenoxy) is 1. The Morgan fingerprint density at radius 1 is 0.955 bits per heavy atom. The Morgan fingerprint density at radius 3 is 2.18 bits per heavy atom. The second-order valence-electron chi connectivity index (χ2n) is 13.2. The summed E-state index contributed by atoms with van der Waals surface area (Å²) in [6.07, 6.45) is 8.92. The van der Waals surface area contributed by atoms with Crippen molar-refractivity contribution < 1.29 is 24.2 Å². The Kier molecular flexibility index (Phi) is 9.23. The zero-order valence-corrected chi connectivity index (χ0v) is 25.8. The van der Waals surface area contributed by atoms with Gasteiger partial charge in [-0.3, -0.25) is 19.3 Å². The topological polar surface area (TPSA) is 111 Å². The first-order chi connectivity index (χ1) is 21.4. The molecule has 2 saturated carbocycles. The smallest absolute Gasteiger partial charge is 0.251 e. The Balaban J connectivity index is 1.08. The first-order valence-electron chi connectivity index (χ1n) is 16.5. The van der Waals surface area contributed by atoms with Gasteiger partial charge in [-0.15, -0.1) is 0 Å². The summed E-state index contributed by atoms with van der Waals surface area (Å²) >= 11 is 0. The number of aliphatic hydroxyl groups is 1. The predicted octanol–water partition coefficient (Wildman–Crippen LogP) is 4.24. The van der Waals surface area contributed by atoms with Crippen molar-refractivity contribution in [3.05, 3.63) is 59.7 Å². The van der Waals surface area contributed by atoms with E-state index in [4.69, 9.17) is 4.74 Å². The van der Waals surface area contributed by atoms with Crippen LogP contribution in [0.4, 0.5) is 0 Å². The summed E-state index contributed by atoms with van der Waals surface area (Å²) in [6.45, 7) is 2.80. The van der Waals surface area contributed by atoms with Crippen LogP contribution in [-0.4, -0.2) is 77.0 Å². The minimum absolute atomic E-state index is 0.0748. The second-order valence-corrected chi connectivity index (χ2v) is 13.2. The molecule has 0 bridgehead atoms. The van der Waals surface area contributed by atoms with Crippen LogP contribution in [0.3, 0.4) is 0 Å². The van der Waals surface area contributed by atoms with E-state index in [0.717, 1.165) is 50.6 Å². The van der Waals surface area contributed by atoms with Crippen molar-refractivity contribution in [1.82, 2.24) is 20.4 Å². The fourth-order valence-corrected chi connectivity index (χ4v) is 7.47. The minimum Gasteiger partial charge on any atom is -0.457 e. The van der Waals surface area contributed by atoms with Gasteiger partial charge in [-0.1, -0.05) is 37.8 Å². The van der Waals surface area contributed by atoms with Crippen molar-refractivity contribution in [2.45, 2.75) is 88.4 Å². The molecule has 1 spiro atoms. The average molecular weight is 603 g/mol. The van der Waals surface area contributed by atoms with Gasteiger partial charge in [-0.2, -0.15) is 0 Å². The third-order valence-corrected chi connectivity index (χ3v) is 10.5. The zero-order valence-electron chi connectivity index (χ0n) is 25.8. The molecule has 0 aromatic heterocycles. The van der Waals surface area contributed by atoms with Gasteiger partial charge >= 0.3 is 0 Å². The summed E-state index contributed by atoms with van der Waals surface area (Å²) in [5, 5.41) is 16.9. The van der Waals surface area contributed by atoms with E-state index < -0.39 is 17.7 Å². The maximum absolute atomic E-state index is 14.0. The number of benzene rings is 2. The van der Waals surface area contributed by atoms with Gasteiger partial charge in [0.05, 0.1) is 6.10 Å². The van der Waals surface area contributed by atoms with Crippen molar-refractivity contribution in [2.75, 3.05) is 26.7 Å². The molecule has 2 aliphatic carbocycles. The van der Waals surface area contributed by atoms with Crippen molar-refractivity contribution in [3.8, 4) is 11.5 Å². The monoisotopic (exact) mass is 602 g/mol. The van der Waals surface area contributed by atoms with E-state index in [-0.39, 0.29) is 23.6 Å². The van der Waals surface area contributed by atoms with Crippen LogP contribution in [0.25, 0.3) is 0 Å². The molecule has 9 heteroatoms. The summed E-state index contributed by atoms with van der Waals surface area (Å²) in [7, 11) is 1.61. The molecule has 0 radical (unpaired) electrons. The van der Waals surface area contributed by atoms with Gasteiger partial charge in [-0.25, -0.2) is 0 Å². The first-order valence-corrected chi connectivity index (χ1v) is 16.5. The quantitative estimate of drug-likeness (QED) is 0.396. The van der Waals surface area contributed by atoms with Crippen LogP contribution in [0.2, 0.25) is 0 Å². The van der Waals surface area contributed by atoms with Crippen molar-refractivity contribution in [2.24, 2.45) is 11.8 Å². The van der Waals surface area contributed by atoms with Crippen LogP contribution in [-0.2, 0) is 16.1 Å². The van der Waals surface area contributed by atoms with E-state index in [1.807, 2.05) is 17.0 Å². The molecule has 2 aliphatic heterocycles. The fourth-order valence-electron chi connectivity index (χ4n) is 7.47. The number of amides is 3. The summed E-state index contributed by atoms with van der Waals surface area (Å²) in [6, 6.07) is 14.2. The molecule has 2 heterocycles. The van der Waals surface area contributed by atoms with Gasteiger partial charge in [0, 0.05) is 38.8 Å². The van der Waals surface area contributed by atoms with Gasteiger partial charge in [0.25, 0.3) is 5.91 Å². The van der Waals surface area contributed by atoms with Crippen LogP contribution in [0.5, 0.6) is 11.5 Å². The average Bonchev–Trinajstić information content (AvgIpc) is 3.04. The summed E-state index contributed by atoms with van der Waals surface area (Å²) in [5.41, 5.74) is 0.892. The Bertz CT molecular complexity index is 1310. The van der Waals surface area contributed by atoms with Gasteiger partial charge in [0.1, 0.15) is 23.1 Å². The molecular formula is C35H46N4O5. The SMILES string of the molecule is CNC(=O)c1ccc(Oc2ccc(CN3CCC4(CC3)C(=O)N[C@H]([C@H](O)C3CCCCC3)C(=O)N4CC3CCC3)cc2)cc1. The molecule has 44 heavy (non-hydrogen) atoms. The zero-order chi connectivity index (χ0) is 30.7. The summed E-state index contributed by atoms with van der Waals surface area (Å²) in [5.74, 6) is 1.60. The van der Waals surface area contributed by atoms with Gasteiger partial charge < -0.3 is 25.4 Å². The lowest BCUT2D eigenvalue weighted by Gasteiger charge is -2.54. The minimum atomic E-state index is -0.836. The second kappa shape index (κ2) is 13.3. The van der Waals surface area contributed by atoms with Crippen LogP contribution in [0.1, 0.15) is 80.1 Å². The molecule has 2 aromatic carbocycles. The molecule has 0 unspecified atom stereocenters. The van der Waals surface area contributed by atoms with Crippen molar-refractivity contribution >= 4 is 17.7 Å². The predicted molar refractivity (Wildman–Crippen MR) is 167 cm³/mol. The third-order valence-electron chi connectivity index (χ3n) is 10.5. The van der Waals surface area contributed by atoms with Gasteiger partial charge in [0.2, 0.25) is 11.8 Å². The number of piperidine rings is 1. The number of nitrogens with one attached hydrogen (secondary N) is 2. The van der Waals surface area contributed by atoms with Crippen LogP contribution in [0, 0.1) is 11.8 Å². The van der Waals surface area contributed by atoms with E-state index in [1.165, 1.54) is 12.8 Å². The van der Waals surface area contributed by atoms with E-state index in [0.29, 0.717) is 55.5 Å². The van der Waals surface area contributed by atoms with E-state index in [9.17, 15) is 19.5 Å². The van der Waals surface area contributed by atoms with Crippen LogP contribution < -0.4 is 15.4 Å². The first kappa shape index (κ1) is 30.6. The van der Waals surface area contributed by atoms with Gasteiger partial charge in [0.15, 0.2) is 0 Å². The Labute approximate surface area is 260 Å². The summed E-state index contributed by atoms with van der Waals surface area (Å²) in [4.78, 5) is 43.9. The number of hydrogen-bond acceptors (Lipinski definition) is 6. The Hall–Kier alpha value is -3.43. The van der Waals surface area contributed by atoms with E-state index in [2.05, 4.69) is 27.7 Å². The molecular weight excluding hydrogens is 556 g/mol. The normalized spacial score (nSPS) is 23.6. The number of rotatable bonds is 9. The van der Waals surface area contributed by atoms with Gasteiger partial charge in [-0.05, 0) is 92.3 Å². The van der Waals surface area contributed by atoms with Crippen molar-refractivity contribution in [3.63, 3.8) is 0 Å². The molecule has 4 fully saturated rings. The highest BCUT2D eigenvalue weighted by Gasteiger charge is 2.56. The highest BCUT2D eigenvalue weighted by Crippen LogP contribution is 2.39. The number of hydrogen-bond donors (Lipinski definition) is 3. The maximum Gasteiger partial charge on any atom is 0.251 e. The van der Waals surface area contributed by atoms with E-state index in [1.54, 1.807) is 31.3 Å². The molecule has 3 N–H and O–H groups in total.